The van der Waals surface area contributed by atoms with Gasteiger partial charge in [-0.2, -0.15) is 0 Å². The van der Waals surface area contributed by atoms with Crippen LogP contribution in [0.25, 0.3) is 0 Å². The molecule has 1 aromatic carbocycles. The van der Waals surface area contributed by atoms with Crippen molar-refractivity contribution in [2.75, 3.05) is 44.3 Å². The summed E-state index contributed by atoms with van der Waals surface area (Å²) in [5.41, 5.74) is 1.51. The van der Waals surface area contributed by atoms with E-state index in [4.69, 9.17) is 4.74 Å². The molecular formula is C20H24N4O3. The molecule has 1 amide bonds. The van der Waals surface area contributed by atoms with Crippen LogP contribution in [-0.2, 0) is 4.74 Å². The molecule has 1 atom stereocenters. The van der Waals surface area contributed by atoms with Crippen molar-refractivity contribution in [3.8, 4) is 5.75 Å². The normalized spacial score (nSPS) is 20.5. The van der Waals surface area contributed by atoms with Crippen molar-refractivity contribution in [1.82, 2.24) is 14.9 Å². The fraction of sp³-hybridized carbons (Fsp3) is 0.450. The van der Waals surface area contributed by atoms with E-state index in [-0.39, 0.29) is 17.6 Å². The number of aromatic nitrogens is 2. The lowest BCUT2D eigenvalue weighted by molar-refractivity contribution is 0.0705. The summed E-state index contributed by atoms with van der Waals surface area (Å²) in [5, 5.41) is 9.64. The lowest BCUT2D eigenvalue weighted by atomic mass is 9.94. The van der Waals surface area contributed by atoms with Gasteiger partial charge in [0.05, 0.1) is 18.9 Å². The van der Waals surface area contributed by atoms with Crippen molar-refractivity contribution in [3.05, 3.63) is 47.9 Å². The summed E-state index contributed by atoms with van der Waals surface area (Å²) >= 11 is 0. The van der Waals surface area contributed by atoms with Crippen LogP contribution in [0.15, 0.2) is 36.7 Å². The molecule has 7 nitrogen and oxygen atoms in total. The number of phenolic OH excluding ortho intramolecular Hbond substituents is 1. The molecule has 142 valence electrons. The number of phenols is 1. The van der Waals surface area contributed by atoms with Gasteiger partial charge in [0.15, 0.2) is 0 Å². The number of ether oxygens (including phenoxy) is 1. The molecule has 2 aliphatic heterocycles. The number of aromatic hydroxyl groups is 1. The SMILES string of the molecule is O=C(c1cccc(O)c1)N1CCC[C@H](c2cc(N3CCOCC3)ncn2)C1. The zero-order valence-electron chi connectivity index (χ0n) is 15.3. The Hall–Kier alpha value is -2.67. The van der Waals surface area contributed by atoms with Crippen molar-refractivity contribution in [3.63, 3.8) is 0 Å². The van der Waals surface area contributed by atoms with Gasteiger partial charge >= 0.3 is 0 Å². The fourth-order valence-corrected chi connectivity index (χ4v) is 3.77. The zero-order valence-corrected chi connectivity index (χ0v) is 15.3. The first-order valence-electron chi connectivity index (χ1n) is 9.43. The summed E-state index contributed by atoms with van der Waals surface area (Å²) in [6.07, 6.45) is 3.56. The summed E-state index contributed by atoms with van der Waals surface area (Å²) in [6.45, 7) is 4.47. The minimum atomic E-state index is -0.0435. The number of piperidine rings is 1. The van der Waals surface area contributed by atoms with Gasteiger partial charge < -0.3 is 19.6 Å². The maximum Gasteiger partial charge on any atom is 0.254 e. The van der Waals surface area contributed by atoms with Gasteiger partial charge in [-0.05, 0) is 31.0 Å². The van der Waals surface area contributed by atoms with E-state index in [9.17, 15) is 9.90 Å². The number of morpholine rings is 1. The Kier molecular flexibility index (Phi) is 5.20. The second-order valence-corrected chi connectivity index (χ2v) is 7.04. The minimum absolute atomic E-state index is 0.0435. The summed E-state index contributed by atoms with van der Waals surface area (Å²) in [4.78, 5) is 25.8. The quantitative estimate of drug-likeness (QED) is 0.893. The van der Waals surface area contributed by atoms with Crippen LogP contribution >= 0.6 is 0 Å². The maximum atomic E-state index is 12.8. The molecule has 7 heteroatoms. The third-order valence-electron chi connectivity index (χ3n) is 5.23. The van der Waals surface area contributed by atoms with Gasteiger partial charge in [-0.3, -0.25) is 4.79 Å². The third kappa shape index (κ3) is 4.03. The monoisotopic (exact) mass is 368 g/mol. The van der Waals surface area contributed by atoms with Crippen LogP contribution in [0.5, 0.6) is 5.75 Å². The number of carbonyl (C=O) groups is 1. The molecule has 3 heterocycles. The summed E-state index contributed by atoms with van der Waals surface area (Å²) in [6, 6.07) is 8.59. The van der Waals surface area contributed by atoms with Crippen molar-refractivity contribution >= 4 is 11.7 Å². The molecule has 0 saturated carbocycles. The van der Waals surface area contributed by atoms with Crippen LogP contribution in [0, 0.1) is 0 Å². The Balaban J connectivity index is 1.49. The van der Waals surface area contributed by atoms with Crippen LogP contribution < -0.4 is 4.90 Å². The van der Waals surface area contributed by atoms with Gasteiger partial charge in [0.25, 0.3) is 5.91 Å². The molecule has 27 heavy (non-hydrogen) atoms. The second kappa shape index (κ2) is 7.92. The van der Waals surface area contributed by atoms with Gasteiger partial charge in [-0.25, -0.2) is 9.97 Å². The average Bonchev–Trinajstić information content (AvgIpc) is 2.74. The Morgan fingerprint density at radius 2 is 2.00 bits per heavy atom. The number of rotatable bonds is 3. The molecule has 2 fully saturated rings. The second-order valence-electron chi connectivity index (χ2n) is 7.04. The molecule has 0 bridgehead atoms. The average molecular weight is 368 g/mol. The standard InChI is InChI=1S/C20H24N4O3/c25-17-5-1-3-15(11-17)20(26)24-6-2-4-16(13-24)18-12-19(22-14-21-18)23-7-9-27-10-8-23/h1,3,5,11-12,14,16,25H,2,4,6-10,13H2/t16-/m0/s1. The summed E-state index contributed by atoms with van der Waals surface area (Å²) in [5.74, 6) is 1.20. The third-order valence-corrected chi connectivity index (χ3v) is 5.23. The number of nitrogens with zero attached hydrogens (tertiary/aromatic N) is 4. The number of anilines is 1. The minimum Gasteiger partial charge on any atom is -0.508 e. The molecule has 0 radical (unpaired) electrons. The lowest BCUT2D eigenvalue weighted by Gasteiger charge is -2.33. The number of likely N-dealkylation sites (tertiary alicyclic amines) is 1. The fourth-order valence-electron chi connectivity index (χ4n) is 3.77. The first-order valence-corrected chi connectivity index (χ1v) is 9.43. The highest BCUT2D eigenvalue weighted by atomic mass is 16.5. The zero-order chi connectivity index (χ0) is 18.6. The summed E-state index contributed by atoms with van der Waals surface area (Å²) in [7, 11) is 0. The van der Waals surface area contributed by atoms with Crippen LogP contribution in [-0.4, -0.2) is 65.3 Å². The molecule has 2 aromatic rings. The first kappa shape index (κ1) is 17.7. The van der Waals surface area contributed by atoms with Gasteiger partial charge in [0.1, 0.15) is 17.9 Å². The van der Waals surface area contributed by atoms with E-state index >= 15 is 0 Å². The number of amides is 1. The predicted octanol–water partition coefficient (Wildman–Crippen LogP) is 2.04. The van der Waals surface area contributed by atoms with E-state index in [0.717, 1.165) is 57.2 Å². The largest absolute Gasteiger partial charge is 0.508 e. The van der Waals surface area contributed by atoms with Gasteiger partial charge in [0, 0.05) is 43.7 Å². The number of hydrogen-bond acceptors (Lipinski definition) is 6. The van der Waals surface area contributed by atoms with Crippen LogP contribution in [0.4, 0.5) is 5.82 Å². The van der Waals surface area contributed by atoms with E-state index < -0.39 is 0 Å². The van der Waals surface area contributed by atoms with E-state index in [0.29, 0.717) is 12.1 Å². The highest BCUT2D eigenvalue weighted by Crippen LogP contribution is 2.28. The van der Waals surface area contributed by atoms with Crippen molar-refractivity contribution in [2.24, 2.45) is 0 Å². The van der Waals surface area contributed by atoms with Crippen molar-refractivity contribution in [2.45, 2.75) is 18.8 Å². The molecular weight excluding hydrogens is 344 g/mol. The van der Waals surface area contributed by atoms with Gasteiger partial charge in [-0.15, -0.1) is 0 Å². The highest BCUT2D eigenvalue weighted by molar-refractivity contribution is 5.94. The smallest absolute Gasteiger partial charge is 0.254 e. The lowest BCUT2D eigenvalue weighted by Crippen LogP contribution is -2.39. The van der Waals surface area contributed by atoms with Crippen LogP contribution in [0.1, 0.15) is 34.8 Å². The Morgan fingerprint density at radius 1 is 1.15 bits per heavy atom. The number of benzene rings is 1. The Bertz CT molecular complexity index is 807. The molecule has 2 aliphatic rings. The van der Waals surface area contributed by atoms with Crippen LogP contribution in [0.2, 0.25) is 0 Å². The maximum absolute atomic E-state index is 12.8. The number of carbonyl (C=O) groups excluding carboxylic acids is 1. The molecule has 1 aromatic heterocycles. The van der Waals surface area contributed by atoms with Crippen molar-refractivity contribution < 1.29 is 14.6 Å². The van der Waals surface area contributed by atoms with Crippen molar-refractivity contribution in [1.29, 1.82) is 0 Å². The van der Waals surface area contributed by atoms with Crippen LogP contribution in [0.3, 0.4) is 0 Å². The molecule has 0 aliphatic carbocycles. The molecule has 0 spiro atoms. The molecule has 4 rings (SSSR count). The molecule has 1 N–H and O–H groups in total. The van der Waals surface area contributed by atoms with Gasteiger partial charge in [-0.1, -0.05) is 6.07 Å². The highest BCUT2D eigenvalue weighted by Gasteiger charge is 2.27. The Labute approximate surface area is 158 Å². The van der Waals surface area contributed by atoms with E-state index in [1.807, 2.05) is 4.90 Å². The predicted molar refractivity (Wildman–Crippen MR) is 101 cm³/mol. The summed E-state index contributed by atoms with van der Waals surface area (Å²) < 4.78 is 5.41. The number of hydrogen-bond donors (Lipinski definition) is 1. The topological polar surface area (TPSA) is 78.8 Å². The first-order chi connectivity index (χ1) is 13.2. The molecule has 0 unspecified atom stereocenters. The van der Waals surface area contributed by atoms with E-state index in [1.165, 1.54) is 6.07 Å². The molecule has 2 saturated heterocycles. The Morgan fingerprint density at radius 3 is 2.81 bits per heavy atom. The van der Waals surface area contributed by atoms with Gasteiger partial charge in [0.2, 0.25) is 0 Å². The van der Waals surface area contributed by atoms with E-state index in [2.05, 4.69) is 20.9 Å². The van der Waals surface area contributed by atoms with E-state index in [1.54, 1.807) is 24.5 Å².